The van der Waals surface area contributed by atoms with Gasteiger partial charge in [-0.1, -0.05) is 11.2 Å². The lowest BCUT2D eigenvalue weighted by Gasteiger charge is -1.96. The van der Waals surface area contributed by atoms with Crippen LogP contribution in [0.25, 0.3) is 10.8 Å². The van der Waals surface area contributed by atoms with Crippen LogP contribution in [-0.4, -0.2) is 20.0 Å². The van der Waals surface area contributed by atoms with Gasteiger partial charge in [0.2, 0.25) is 0 Å². The van der Waals surface area contributed by atoms with Crippen molar-refractivity contribution in [2.24, 2.45) is 7.05 Å². The fraction of sp³-hybridized carbons (Fsp3) is 0.182. The van der Waals surface area contributed by atoms with Gasteiger partial charge in [-0.15, -0.1) is 16.4 Å². The fourth-order valence-electron chi connectivity index (χ4n) is 1.54. The molecule has 18 heavy (non-hydrogen) atoms. The van der Waals surface area contributed by atoms with Gasteiger partial charge in [0.25, 0.3) is 5.89 Å². The van der Waals surface area contributed by atoms with E-state index in [-0.39, 0.29) is 0 Å². The Labute approximate surface area is 107 Å². The van der Waals surface area contributed by atoms with E-state index < -0.39 is 0 Å². The molecule has 0 unspecified atom stereocenters. The second-order valence-electron chi connectivity index (χ2n) is 3.77. The summed E-state index contributed by atoms with van der Waals surface area (Å²) in [6.45, 7) is 0.611. The van der Waals surface area contributed by atoms with Crippen LogP contribution in [0.5, 0.6) is 0 Å². The van der Waals surface area contributed by atoms with Gasteiger partial charge in [-0.2, -0.15) is 5.10 Å². The molecule has 7 heteroatoms. The molecule has 3 aromatic heterocycles. The molecule has 0 bridgehead atoms. The maximum atomic E-state index is 5.51. The van der Waals surface area contributed by atoms with Crippen molar-refractivity contribution >= 4 is 17.4 Å². The highest BCUT2D eigenvalue weighted by atomic mass is 32.1. The third-order valence-corrected chi connectivity index (χ3v) is 3.22. The molecule has 6 nitrogen and oxygen atoms in total. The second-order valence-corrected chi connectivity index (χ2v) is 4.71. The predicted octanol–water partition coefficient (Wildman–Crippen LogP) is 2.14. The first-order valence-electron chi connectivity index (χ1n) is 5.40. The highest BCUT2D eigenvalue weighted by Crippen LogP contribution is 2.24. The monoisotopic (exact) mass is 261 g/mol. The number of thiophene rings is 1. The molecule has 0 aliphatic carbocycles. The largest absolute Gasteiger partial charge is 0.403 e. The molecular formula is C11H11N5OS. The highest BCUT2D eigenvalue weighted by molar-refractivity contribution is 7.13. The van der Waals surface area contributed by atoms with E-state index in [2.05, 4.69) is 20.6 Å². The molecule has 0 radical (unpaired) electrons. The molecule has 0 saturated carbocycles. The zero-order chi connectivity index (χ0) is 12.4. The first-order valence-corrected chi connectivity index (χ1v) is 6.28. The van der Waals surface area contributed by atoms with Crippen LogP contribution in [0.1, 0.15) is 5.56 Å². The number of anilines is 1. The van der Waals surface area contributed by atoms with Crippen molar-refractivity contribution in [2.75, 3.05) is 5.32 Å². The van der Waals surface area contributed by atoms with Crippen LogP contribution in [0, 0.1) is 0 Å². The van der Waals surface area contributed by atoms with E-state index in [9.17, 15) is 0 Å². The van der Waals surface area contributed by atoms with E-state index in [4.69, 9.17) is 4.42 Å². The summed E-state index contributed by atoms with van der Waals surface area (Å²) in [6.07, 6.45) is 3.73. The lowest BCUT2D eigenvalue weighted by atomic mass is 10.4. The SMILES string of the molecule is Cn1cc(CNc2nnc(-c3cccs3)o2)cn1. The molecule has 0 saturated heterocycles. The van der Waals surface area contributed by atoms with E-state index in [0.717, 1.165) is 10.4 Å². The van der Waals surface area contributed by atoms with Gasteiger partial charge in [0.15, 0.2) is 0 Å². The molecule has 0 fully saturated rings. The summed E-state index contributed by atoms with van der Waals surface area (Å²) in [6, 6.07) is 4.32. The summed E-state index contributed by atoms with van der Waals surface area (Å²) in [5, 5.41) is 17.1. The molecular weight excluding hydrogens is 250 g/mol. The number of nitrogens with zero attached hydrogens (tertiary/aromatic N) is 4. The Balaban J connectivity index is 1.67. The van der Waals surface area contributed by atoms with Crippen LogP contribution in [0.3, 0.4) is 0 Å². The Morgan fingerprint density at radius 2 is 2.39 bits per heavy atom. The molecule has 0 aromatic carbocycles. The second kappa shape index (κ2) is 4.61. The number of nitrogens with one attached hydrogen (secondary N) is 1. The molecule has 3 rings (SSSR count). The minimum atomic E-state index is 0.419. The van der Waals surface area contributed by atoms with Gasteiger partial charge < -0.3 is 9.73 Å². The molecule has 3 aromatic rings. The molecule has 0 spiro atoms. The molecule has 1 N–H and O–H groups in total. The van der Waals surface area contributed by atoms with Gasteiger partial charge in [-0.25, -0.2) is 0 Å². The first kappa shape index (κ1) is 11.0. The Hall–Kier alpha value is -2.15. The smallest absolute Gasteiger partial charge is 0.316 e. The van der Waals surface area contributed by atoms with Gasteiger partial charge >= 0.3 is 6.01 Å². The van der Waals surface area contributed by atoms with E-state index in [0.29, 0.717) is 18.5 Å². The van der Waals surface area contributed by atoms with E-state index >= 15 is 0 Å². The van der Waals surface area contributed by atoms with Crippen LogP contribution < -0.4 is 5.32 Å². The third kappa shape index (κ3) is 2.25. The fourth-order valence-corrected chi connectivity index (χ4v) is 2.18. The third-order valence-electron chi connectivity index (χ3n) is 2.36. The molecule has 3 heterocycles. The zero-order valence-corrected chi connectivity index (χ0v) is 10.5. The van der Waals surface area contributed by atoms with Crippen LogP contribution in [0.2, 0.25) is 0 Å². The van der Waals surface area contributed by atoms with Crippen molar-refractivity contribution in [2.45, 2.75) is 6.54 Å². The molecule has 92 valence electrons. The molecule has 0 atom stereocenters. The summed E-state index contributed by atoms with van der Waals surface area (Å²) in [7, 11) is 1.88. The van der Waals surface area contributed by atoms with Crippen LogP contribution in [-0.2, 0) is 13.6 Å². The average molecular weight is 261 g/mol. The lowest BCUT2D eigenvalue weighted by molar-refractivity contribution is 0.582. The van der Waals surface area contributed by atoms with Gasteiger partial charge in [-0.3, -0.25) is 4.68 Å². The van der Waals surface area contributed by atoms with Crippen molar-refractivity contribution < 1.29 is 4.42 Å². The average Bonchev–Trinajstić information content (AvgIpc) is 3.07. The molecule has 0 aliphatic rings. The number of aryl methyl sites for hydroxylation is 1. The van der Waals surface area contributed by atoms with Gasteiger partial charge in [-0.05, 0) is 11.4 Å². The number of aromatic nitrogens is 4. The summed E-state index contributed by atoms with van der Waals surface area (Å²) in [5.74, 6) is 0.540. The van der Waals surface area contributed by atoms with E-state index in [1.54, 1.807) is 22.2 Å². The van der Waals surface area contributed by atoms with Crippen molar-refractivity contribution in [3.8, 4) is 10.8 Å². The van der Waals surface area contributed by atoms with Gasteiger partial charge in [0.05, 0.1) is 11.1 Å². The Morgan fingerprint density at radius 3 is 3.11 bits per heavy atom. The van der Waals surface area contributed by atoms with Crippen molar-refractivity contribution in [1.82, 2.24) is 20.0 Å². The van der Waals surface area contributed by atoms with E-state index in [1.807, 2.05) is 30.8 Å². The summed E-state index contributed by atoms with van der Waals surface area (Å²) in [4.78, 5) is 0.969. The summed E-state index contributed by atoms with van der Waals surface area (Å²) >= 11 is 1.57. The predicted molar refractivity (Wildman–Crippen MR) is 68.1 cm³/mol. The summed E-state index contributed by atoms with van der Waals surface area (Å²) < 4.78 is 7.26. The van der Waals surface area contributed by atoms with Crippen LogP contribution >= 0.6 is 11.3 Å². The standard InChI is InChI=1S/C11H11N5OS/c1-16-7-8(6-13-16)5-12-11-15-14-10(17-11)9-3-2-4-18-9/h2-4,6-7H,5H2,1H3,(H,12,15). The maximum absolute atomic E-state index is 5.51. The molecule has 0 aliphatic heterocycles. The van der Waals surface area contributed by atoms with Crippen molar-refractivity contribution in [3.63, 3.8) is 0 Å². The maximum Gasteiger partial charge on any atom is 0.316 e. The Morgan fingerprint density at radius 1 is 1.44 bits per heavy atom. The first-order chi connectivity index (χ1) is 8.81. The zero-order valence-electron chi connectivity index (χ0n) is 9.70. The Kier molecular flexibility index (Phi) is 2.81. The quantitative estimate of drug-likeness (QED) is 0.779. The normalized spacial score (nSPS) is 10.7. The summed E-state index contributed by atoms with van der Waals surface area (Å²) in [5.41, 5.74) is 1.06. The number of rotatable bonds is 4. The highest BCUT2D eigenvalue weighted by Gasteiger charge is 2.08. The Bertz CT molecular complexity index is 627. The number of hydrogen-bond acceptors (Lipinski definition) is 6. The topological polar surface area (TPSA) is 68.8 Å². The minimum Gasteiger partial charge on any atom is -0.403 e. The van der Waals surface area contributed by atoms with Gasteiger partial charge in [0.1, 0.15) is 0 Å². The lowest BCUT2D eigenvalue weighted by Crippen LogP contribution is -1.98. The van der Waals surface area contributed by atoms with E-state index in [1.165, 1.54) is 0 Å². The van der Waals surface area contributed by atoms with Crippen LogP contribution in [0.4, 0.5) is 6.01 Å². The van der Waals surface area contributed by atoms with Crippen LogP contribution in [0.15, 0.2) is 34.3 Å². The van der Waals surface area contributed by atoms with Gasteiger partial charge in [0, 0.05) is 25.4 Å². The van der Waals surface area contributed by atoms with Crippen molar-refractivity contribution in [1.29, 1.82) is 0 Å². The number of hydrogen-bond donors (Lipinski definition) is 1. The molecule has 0 amide bonds. The van der Waals surface area contributed by atoms with Crippen molar-refractivity contribution in [3.05, 3.63) is 35.5 Å². The minimum absolute atomic E-state index is 0.419.